The van der Waals surface area contributed by atoms with E-state index in [4.69, 9.17) is 34.4 Å². The van der Waals surface area contributed by atoms with Gasteiger partial charge in [-0.25, -0.2) is 0 Å². The van der Waals surface area contributed by atoms with Crippen LogP contribution in [0, 0.1) is 12.3 Å². The molecule has 0 aromatic heterocycles. The molecule has 0 N–H and O–H groups in total. The summed E-state index contributed by atoms with van der Waals surface area (Å²) in [4.78, 5) is 22.6. The number of terminal acetylenes is 1. The van der Waals surface area contributed by atoms with E-state index in [2.05, 4.69) is 5.92 Å². The molecule has 0 spiro atoms. The molecule has 0 aliphatic carbocycles. The van der Waals surface area contributed by atoms with Crippen LogP contribution in [0.25, 0.3) is 0 Å². The van der Waals surface area contributed by atoms with Gasteiger partial charge >= 0.3 is 0 Å². The summed E-state index contributed by atoms with van der Waals surface area (Å²) in [5, 5.41) is -1.44. The Bertz CT molecular complexity index is 760. The van der Waals surface area contributed by atoms with Gasteiger partial charge in [0, 0.05) is 11.1 Å². The average Bonchev–Trinajstić information content (AvgIpc) is 2.47. The molecule has 0 bridgehead atoms. The first-order valence-electron chi connectivity index (χ1n) is 5.79. The molecule has 104 valence electrons. The summed E-state index contributed by atoms with van der Waals surface area (Å²) in [7, 11) is 0. The van der Waals surface area contributed by atoms with Gasteiger partial charge in [0.05, 0.1) is 5.56 Å². The van der Waals surface area contributed by atoms with Crippen LogP contribution in [0.4, 0.5) is 0 Å². The van der Waals surface area contributed by atoms with E-state index in [9.17, 15) is 9.59 Å². The molecule has 21 heavy (non-hydrogen) atoms. The fraction of sp³-hybridized carbons (Fsp3) is 0. The number of hydrogen-bond acceptors (Lipinski definition) is 3. The van der Waals surface area contributed by atoms with Gasteiger partial charge in [0.1, 0.15) is 11.5 Å². The maximum Gasteiger partial charge on any atom is 0.256 e. The summed E-state index contributed by atoms with van der Waals surface area (Å²) >= 11 is 10.9. The highest BCUT2D eigenvalue weighted by Crippen LogP contribution is 2.28. The molecule has 5 heteroatoms. The molecule has 0 unspecified atom stereocenters. The highest BCUT2D eigenvalue weighted by Gasteiger charge is 2.14. The molecular formula is C16H8Cl2O3. The Hall–Kier alpha value is -2.28. The van der Waals surface area contributed by atoms with Crippen molar-refractivity contribution in [3.05, 3.63) is 59.2 Å². The molecule has 3 nitrogen and oxygen atoms in total. The SMILES string of the molecule is C#Cc1cccc(Oc2ccc(C(=O)Cl)cc2C(=O)Cl)c1. The Balaban J connectivity index is 2.41. The van der Waals surface area contributed by atoms with Crippen LogP contribution >= 0.6 is 23.2 Å². The Labute approximate surface area is 131 Å². The first-order valence-corrected chi connectivity index (χ1v) is 6.55. The van der Waals surface area contributed by atoms with Crippen LogP contribution in [0.1, 0.15) is 26.3 Å². The van der Waals surface area contributed by atoms with Gasteiger partial charge in [-0.2, -0.15) is 0 Å². The van der Waals surface area contributed by atoms with E-state index in [1.807, 2.05) is 0 Å². The van der Waals surface area contributed by atoms with Crippen LogP contribution in [0.3, 0.4) is 0 Å². The summed E-state index contributed by atoms with van der Waals surface area (Å²) in [6.45, 7) is 0. The molecule has 0 amide bonds. The van der Waals surface area contributed by atoms with Crippen molar-refractivity contribution in [1.82, 2.24) is 0 Å². The van der Waals surface area contributed by atoms with Crippen LogP contribution < -0.4 is 4.74 Å². The monoisotopic (exact) mass is 318 g/mol. The van der Waals surface area contributed by atoms with Crippen LogP contribution in [-0.4, -0.2) is 10.5 Å². The first-order chi connectivity index (χ1) is 10.0. The van der Waals surface area contributed by atoms with E-state index in [-0.39, 0.29) is 16.9 Å². The molecule has 0 fully saturated rings. The smallest absolute Gasteiger partial charge is 0.256 e. The molecule has 2 rings (SSSR count). The Morgan fingerprint density at radius 3 is 2.43 bits per heavy atom. The minimum atomic E-state index is -0.752. The van der Waals surface area contributed by atoms with Gasteiger partial charge in [0.2, 0.25) is 0 Å². The molecule has 2 aromatic rings. The summed E-state index contributed by atoms with van der Waals surface area (Å²) in [6, 6.07) is 11.0. The lowest BCUT2D eigenvalue weighted by Gasteiger charge is -2.10. The van der Waals surface area contributed by atoms with Crippen molar-refractivity contribution < 1.29 is 14.3 Å². The van der Waals surface area contributed by atoms with Crippen molar-refractivity contribution in [2.24, 2.45) is 0 Å². The summed E-state index contributed by atoms with van der Waals surface area (Å²) in [5.41, 5.74) is 0.846. The second-order valence-corrected chi connectivity index (χ2v) is 4.72. The molecule has 0 heterocycles. The molecule has 0 saturated heterocycles. The number of ether oxygens (including phenoxy) is 1. The van der Waals surface area contributed by atoms with Crippen LogP contribution in [0.15, 0.2) is 42.5 Å². The number of hydrogen-bond donors (Lipinski definition) is 0. The van der Waals surface area contributed by atoms with E-state index in [1.54, 1.807) is 24.3 Å². The standard InChI is InChI=1S/C16H8Cl2O3/c1-2-10-4-3-5-12(8-10)21-14-7-6-11(15(17)19)9-13(14)16(18)20/h1,3-9H. The molecule has 0 radical (unpaired) electrons. The van der Waals surface area contributed by atoms with Crippen molar-refractivity contribution in [1.29, 1.82) is 0 Å². The summed E-state index contributed by atoms with van der Waals surface area (Å²) in [6.07, 6.45) is 5.31. The average molecular weight is 319 g/mol. The van der Waals surface area contributed by atoms with Gasteiger partial charge in [-0.15, -0.1) is 6.42 Å². The number of benzene rings is 2. The maximum atomic E-state index is 11.5. The van der Waals surface area contributed by atoms with Crippen LogP contribution in [-0.2, 0) is 0 Å². The lowest BCUT2D eigenvalue weighted by molar-refractivity contribution is 0.107. The Kier molecular flexibility index (Phi) is 4.64. The third kappa shape index (κ3) is 3.63. The minimum Gasteiger partial charge on any atom is -0.457 e. The van der Waals surface area contributed by atoms with E-state index >= 15 is 0 Å². The zero-order valence-electron chi connectivity index (χ0n) is 10.6. The lowest BCUT2D eigenvalue weighted by atomic mass is 10.1. The highest BCUT2D eigenvalue weighted by molar-refractivity contribution is 6.69. The van der Waals surface area contributed by atoms with Crippen molar-refractivity contribution >= 4 is 33.7 Å². The van der Waals surface area contributed by atoms with Gasteiger partial charge in [0.15, 0.2) is 0 Å². The van der Waals surface area contributed by atoms with Crippen molar-refractivity contribution in [3.8, 4) is 23.8 Å². The summed E-state index contributed by atoms with van der Waals surface area (Å²) < 4.78 is 5.59. The predicted octanol–water partition coefficient (Wildman–Crippen LogP) is 4.22. The molecule has 0 atom stereocenters. The second-order valence-electron chi connectivity index (χ2n) is 4.03. The highest BCUT2D eigenvalue weighted by atomic mass is 35.5. The Morgan fingerprint density at radius 1 is 1.05 bits per heavy atom. The van der Waals surface area contributed by atoms with Gasteiger partial charge in [-0.3, -0.25) is 9.59 Å². The predicted molar refractivity (Wildman–Crippen MR) is 81.3 cm³/mol. The molecule has 0 aliphatic rings. The number of halogens is 2. The first kappa shape index (κ1) is 15.1. The second kappa shape index (κ2) is 6.45. The number of carbonyl (C=O) groups excluding carboxylic acids is 2. The van der Waals surface area contributed by atoms with E-state index < -0.39 is 10.5 Å². The zero-order chi connectivity index (χ0) is 15.4. The fourth-order valence-electron chi connectivity index (χ4n) is 1.67. The number of rotatable bonds is 4. The lowest BCUT2D eigenvalue weighted by Crippen LogP contribution is -1.99. The zero-order valence-corrected chi connectivity index (χ0v) is 12.1. The quantitative estimate of drug-likeness (QED) is 0.626. The van der Waals surface area contributed by atoms with E-state index in [0.29, 0.717) is 11.3 Å². The van der Waals surface area contributed by atoms with Gasteiger partial charge < -0.3 is 4.74 Å². The van der Waals surface area contributed by atoms with Crippen LogP contribution in [0.5, 0.6) is 11.5 Å². The van der Waals surface area contributed by atoms with Crippen molar-refractivity contribution in [2.75, 3.05) is 0 Å². The van der Waals surface area contributed by atoms with E-state index in [1.165, 1.54) is 18.2 Å². The topological polar surface area (TPSA) is 43.4 Å². The van der Waals surface area contributed by atoms with Crippen LogP contribution in [0.2, 0.25) is 0 Å². The van der Waals surface area contributed by atoms with Gasteiger partial charge in [-0.1, -0.05) is 12.0 Å². The van der Waals surface area contributed by atoms with Gasteiger partial charge in [-0.05, 0) is 59.6 Å². The van der Waals surface area contributed by atoms with Gasteiger partial charge in [0.25, 0.3) is 10.5 Å². The minimum absolute atomic E-state index is 0.0503. The fourth-order valence-corrected chi connectivity index (χ4v) is 1.94. The summed E-state index contributed by atoms with van der Waals surface area (Å²) in [5.74, 6) is 3.15. The van der Waals surface area contributed by atoms with Crippen molar-refractivity contribution in [3.63, 3.8) is 0 Å². The number of carbonyl (C=O) groups is 2. The Morgan fingerprint density at radius 2 is 1.81 bits per heavy atom. The normalized spacial score (nSPS) is 9.76. The molecule has 2 aromatic carbocycles. The molecule has 0 saturated carbocycles. The molecule has 0 aliphatic heterocycles. The third-order valence-corrected chi connectivity index (χ3v) is 3.07. The third-order valence-electron chi connectivity index (χ3n) is 2.65. The van der Waals surface area contributed by atoms with Crippen molar-refractivity contribution in [2.45, 2.75) is 0 Å². The van der Waals surface area contributed by atoms with E-state index in [0.717, 1.165) is 0 Å². The maximum absolute atomic E-state index is 11.5. The molecular weight excluding hydrogens is 311 g/mol. The largest absolute Gasteiger partial charge is 0.457 e.